The van der Waals surface area contributed by atoms with E-state index in [1.165, 1.54) is 12.1 Å². The summed E-state index contributed by atoms with van der Waals surface area (Å²) in [4.78, 5) is 7.39. The van der Waals surface area contributed by atoms with Gasteiger partial charge in [-0.25, -0.2) is 9.37 Å². The first-order valence-corrected chi connectivity index (χ1v) is 6.00. The van der Waals surface area contributed by atoms with E-state index >= 15 is 0 Å². The van der Waals surface area contributed by atoms with E-state index in [-0.39, 0.29) is 5.82 Å². The van der Waals surface area contributed by atoms with Crippen LogP contribution in [0.3, 0.4) is 0 Å². The van der Waals surface area contributed by atoms with E-state index in [1.54, 1.807) is 10.7 Å². The number of imidazole rings is 1. The van der Waals surface area contributed by atoms with Crippen molar-refractivity contribution >= 4 is 17.0 Å². The number of benzene rings is 1. The molecule has 1 aromatic carbocycles. The molecule has 0 aliphatic heterocycles. The van der Waals surface area contributed by atoms with E-state index in [0.717, 1.165) is 16.8 Å². The molecule has 2 heterocycles. The summed E-state index contributed by atoms with van der Waals surface area (Å²) in [5, 5.41) is 7.46. The number of halogens is 1. The minimum atomic E-state index is -0.272. The second-order valence-electron chi connectivity index (χ2n) is 4.51. The summed E-state index contributed by atoms with van der Waals surface area (Å²) in [6.07, 6.45) is 1.96. The van der Waals surface area contributed by atoms with Crippen molar-refractivity contribution in [1.82, 2.24) is 19.7 Å². The lowest BCUT2D eigenvalue weighted by molar-refractivity contribution is 0.629. The highest BCUT2D eigenvalue weighted by Gasteiger charge is 2.06. The Morgan fingerprint density at radius 1 is 1.42 bits per heavy atom. The van der Waals surface area contributed by atoms with E-state index in [1.807, 2.05) is 20.2 Å². The number of aromatic amines is 1. The molecule has 3 rings (SSSR count). The van der Waals surface area contributed by atoms with Gasteiger partial charge in [-0.15, -0.1) is 0 Å². The van der Waals surface area contributed by atoms with Gasteiger partial charge in [0.15, 0.2) is 0 Å². The van der Waals surface area contributed by atoms with Gasteiger partial charge in [-0.3, -0.25) is 4.68 Å². The molecule has 0 unspecified atom stereocenters. The van der Waals surface area contributed by atoms with Gasteiger partial charge < -0.3 is 10.3 Å². The number of nitrogens with zero attached hydrogens (tertiary/aromatic N) is 3. The Labute approximate surface area is 109 Å². The molecule has 0 saturated carbocycles. The maximum Gasteiger partial charge on any atom is 0.201 e. The predicted octanol–water partition coefficient (Wildman–Crippen LogP) is 2.36. The molecule has 0 bridgehead atoms. The Morgan fingerprint density at radius 3 is 3.00 bits per heavy atom. The third kappa shape index (κ3) is 2.29. The largest absolute Gasteiger partial charge is 0.352 e. The minimum Gasteiger partial charge on any atom is -0.352 e. The van der Waals surface area contributed by atoms with Crippen LogP contribution in [0.15, 0.2) is 24.4 Å². The van der Waals surface area contributed by atoms with E-state index in [2.05, 4.69) is 20.4 Å². The number of fused-ring (bicyclic) bond motifs is 1. The van der Waals surface area contributed by atoms with Gasteiger partial charge in [-0.1, -0.05) is 0 Å². The average molecular weight is 259 g/mol. The molecule has 0 aliphatic carbocycles. The Balaban J connectivity index is 1.80. The summed E-state index contributed by atoms with van der Waals surface area (Å²) >= 11 is 0. The maximum atomic E-state index is 13.1. The summed E-state index contributed by atoms with van der Waals surface area (Å²) in [6.45, 7) is 2.59. The van der Waals surface area contributed by atoms with Crippen molar-refractivity contribution in [3.63, 3.8) is 0 Å². The molecule has 0 radical (unpaired) electrons. The monoisotopic (exact) mass is 259 g/mol. The lowest BCUT2D eigenvalue weighted by atomic mass is 10.3. The fourth-order valence-corrected chi connectivity index (χ4v) is 2.07. The zero-order valence-corrected chi connectivity index (χ0v) is 10.7. The highest BCUT2D eigenvalue weighted by atomic mass is 19.1. The Hall–Kier alpha value is -2.37. The van der Waals surface area contributed by atoms with Crippen LogP contribution < -0.4 is 5.32 Å². The van der Waals surface area contributed by atoms with Gasteiger partial charge in [-0.05, 0) is 25.1 Å². The summed E-state index contributed by atoms with van der Waals surface area (Å²) < 4.78 is 14.9. The van der Waals surface area contributed by atoms with Gasteiger partial charge in [-0.2, -0.15) is 5.10 Å². The first-order valence-electron chi connectivity index (χ1n) is 6.00. The number of nitrogens with one attached hydrogen (secondary N) is 2. The van der Waals surface area contributed by atoms with Gasteiger partial charge >= 0.3 is 0 Å². The third-order valence-corrected chi connectivity index (χ3v) is 3.01. The van der Waals surface area contributed by atoms with Gasteiger partial charge in [0.2, 0.25) is 5.95 Å². The lowest BCUT2D eigenvalue weighted by Crippen LogP contribution is -2.01. The molecule has 2 N–H and O–H groups in total. The normalized spacial score (nSPS) is 11.1. The fourth-order valence-electron chi connectivity index (χ4n) is 2.07. The highest BCUT2D eigenvalue weighted by molar-refractivity contribution is 5.77. The van der Waals surface area contributed by atoms with Crippen LogP contribution in [-0.4, -0.2) is 19.7 Å². The fraction of sp³-hybridized carbons (Fsp3) is 0.231. The second kappa shape index (κ2) is 4.38. The SMILES string of the molecule is Cc1nn(C)cc1CNc1nc2ccc(F)cc2[nH]1. The number of hydrogen-bond acceptors (Lipinski definition) is 3. The highest BCUT2D eigenvalue weighted by Crippen LogP contribution is 2.16. The van der Waals surface area contributed by atoms with Crippen molar-refractivity contribution in [2.75, 3.05) is 5.32 Å². The van der Waals surface area contributed by atoms with Crippen molar-refractivity contribution in [3.8, 4) is 0 Å². The minimum absolute atomic E-state index is 0.272. The third-order valence-electron chi connectivity index (χ3n) is 3.01. The molecule has 98 valence electrons. The van der Waals surface area contributed by atoms with E-state index in [0.29, 0.717) is 18.0 Å². The molecule has 0 spiro atoms. The Kier molecular flexibility index (Phi) is 2.70. The molecule has 0 aliphatic rings. The molecular formula is C13H14FN5. The van der Waals surface area contributed by atoms with Gasteiger partial charge in [0.25, 0.3) is 0 Å². The predicted molar refractivity (Wildman–Crippen MR) is 71.3 cm³/mol. The van der Waals surface area contributed by atoms with E-state index < -0.39 is 0 Å². The van der Waals surface area contributed by atoms with Crippen LogP contribution >= 0.6 is 0 Å². The van der Waals surface area contributed by atoms with E-state index in [4.69, 9.17) is 0 Å². The van der Waals surface area contributed by atoms with Crippen LogP contribution in [-0.2, 0) is 13.6 Å². The summed E-state index contributed by atoms with van der Waals surface area (Å²) in [5.41, 5.74) is 3.52. The van der Waals surface area contributed by atoms with Gasteiger partial charge in [0, 0.05) is 25.4 Å². The molecule has 0 fully saturated rings. The Bertz CT molecular complexity index is 728. The van der Waals surface area contributed by atoms with Crippen molar-refractivity contribution in [2.45, 2.75) is 13.5 Å². The second-order valence-corrected chi connectivity index (χ2v) is 4.51. The number of aryl methyl sites for hydroxylation is 2. The van der Waals surface area contributed by atoms with Crippen molar-refractivity contribution in [1.29, 1.82) is 0 Å². The maximum absolute atomic E-state index is 13.1. The average Bonchev–Trinajstić information content (AvgIpc) is 2.89. The van der Waals surface area contributed by atoms with Gasteiger partial charge in [0.1, 0.15) is 5.82 Å². The smallest absolute Gasteiger partial charge is 0.201 e. The molecule has 3 aromatic rings. The first kappa shape index (κ1) is 11.7. The number of hydrogen-bond donors (Lipinski definition) is 2. The molecule has 5 nitrogen and oxygen atoms in total. The van der Waals surface area contributed by atoms with Crippen LogP contribution in [0.5, 0.6) is 0 Å². The number of anilines is 1. The number of rotatable bonds is 3. The summed E-state index contributed by atoms with van der Waals surface area (Å²) in [7, 11) is 1.89. The van der Waals surface area contributed by atoms with Crippen LogP contribution in [0.2, 0.25) is 0 Å². The van der Waals surface area contributed by atoms with Crippen molar-refractivity contribution < 1.29 is 4.39 Å². The van der Waals surface area contributed by atoms with Crippen LogP contribution in [0.25, 0.3) is 11.0 Å². The molecule has 0 saturated heterocycles. The molecule has 6 heteroatoms. The summed E-state index contributed by atoms with van der Waals surface area (Å²) in [6, 6.07) is 4.49. The van der Waals surface area contributed by atoms with Gasteiger partial charge in [0.05, 0.1) is 16.7 Å². The standard InChI is InChI=1S/C13H14FN5/c1-8-9(7-19(2)18-8)6-15-13-16-11-4-3-10(14)5-12(11)17-13/h3-5,7H,6H2,1-2H3,(H2,15,16,17). The van der Waals surface area contributed by atoms with Crippen LogP contribution in [0, 0.1) is 12.7 Å². The van der Waals surface area contributed by atoms with Crippen LogP contribution in [0.4, 0.5) is 10.3 Å². The molecule has 0 amide bonds. The van der Waals surface area contributed by atoms with E-state index in [9.17, 15) is 4.39 Å². The molecule has 2 aromatic heterocycles. The summed E-state index contributed by atoms with van der Waals surface area (Å²) in [5.74, 6) is 0.356. The number of aromatic nitrogens is 4. The van der Waals surface area contributed by atoms with Crippen molar-refractivity contribution in [2.24, 2.45) is 7.05 Å². The van der Waals surface area contributed by atoms with Crippen molar-refractivity contribution in [3.05, 3.63) is 41.5 Å². The zero-order chi connectivity index (χ0) is 13.4. The topological polar surface area (TPSA) is 58.5 Å². The molecule has 19 heavy (non-hydrogen) atoms. The first-order chi connectivity index (χ1) is 9.11. The Morgan fingerprint density at radius 2 is 2.26 bits per heavy atom. The number of H-pyrrole nitrogens is 1. The lowest BCUT2D eigenvalue weighted by Gasteiger charge is -2.00. The molecular weight excluding hydrogens is 245 g/mol. The molecule has 0 atom stereocenters. The zero-order valence-electron chi connectivity index (χ0n) is 10.7. The quantitative estimate of drug-likeness (QED) is 0.759. The van der Waals surface area contributed by atoms with Crippen LogP contribution in [0.1, 0.15) is 11.3 Å².